The lowest BCUT2D eigenvalue weighted by atomic mass is 9.97. The maximum atomic E-state index is 12.1. The number of rotatable bonds is 4. The van der Waals surface area contributed by atoms with Crippen molar-refractivity contribution in [1.29, 1.82) is 0 Å². The van der Waals surface area contributed by atoms with Crippen molar-refractivity contribution in [2.75, 3.05) is 14.2 Å². The van der Waals surface area contributed by atoms with Crippen LogP contribution in [0, 0.1) is 6.92 Å². The fourth-order valence-electron chi connectivity index (χ4n) is 3.05. The third-order valence-corrected chi connectivity index (χ3v) is 4.41. The Labute approximate surface area is 147 Å². The van der Waals surface area contributed by atoms with E-state index in [9.17, 15) is 4.79 Å². The van der Waals surface area contributed by atoms with E-state index in [1.54, 1.807) is 26.2 Å². The quantitative estimate of drug-likeness (QED) is 0.854. The number of ether oxygens (including phenoxy) is 2. The molecule has 0 unspecified atom stereocenters. The Balaban J connectivity index is 1.97. The Morgan fingerprint density at radius 2 is 1.84 bits per heavy atom. The van der Waals surface area contributed by atoms with Crippen LogP contribution in [0.15, 0.2) is 47.6 Å². The van der Waals surface area contributed by atoms with Crippen molar-refractivity contribution in [2.24, 2.45) is 5.10 Å². The maximum absolute atomic E-state index is 12.1. The number of amides is 1. The number of hydrazone groups is 1. The Kier molecular flexibility index (Phi) is 4.74. The summed E-state index contributed by atoms with van der Waals surface area (Å²) in [7, 11) is 3.24. The van der Waals surface area contributed by atoms with Gasteiger partial charge in [0.25, 0.3) is 0 Å². The zero-order valence-electron chi connectivity index (χ0n) is 14.9. The highest BCUT2D eigenvalue weighted by Crippen LogP contribution is 2.36. The molecule has 0 spiro atoms. The van der Waals surface area contributed by atoms with Gasteiger partial charge >= 0.3 is 0 Å². The van der Waals surface area contributed by atoms with Gasteiger partial charge in [-0.2, -0.15) is 5.10 Å². The molecule has 2 aromatic carbocycles. The van der Waals surface area contributed by atoms with Gasteiger partial charge < -0.3 is 9.47 Å². The van der Waals surface area contributed by atoms with Gasteiger partial charge in [-0.1, -0.05) is 29.8 Å². The molecule has 1 heterocycles. The number of carbonyl (C=O) groups excluding carboxylic acids is 1. The van der Waals surface area contributed by atoms with Crippen LogP contribution in [0.3, 0.4) is 0 Å². The first-order chi connectivity index (χ1) is 12.0. The molecule has 5 nitrogen and oxygen atoms in total. The molecule has 2 aromatic rings. The van der Waals surface area contributed by atoms with Crippen molar-refractivity contribution in [2.45, 2.75) is 26.3 Å². The molecule has 0 radical (unpaired) electrons. The van der Waals surface area contributed by atoms with Crippen LogP contribution < -0.4 is 9.47 Å². The highest BCUT2D eigenvalue weighted by molar-refractivity contribution is 6.05. The molecule has 0 bridgehead atoms. The van der Waals surface area contributed by atoms with E-state index in [-0.39, 0.29) is 11.9 Å². The van der Waals surface area contributed by atoms with Crippen LogP contribution >= 0.6 is 0 Å². The molecule has 3 rings (SSSR count). The van der Waals surface area contributed by atoms with Crippen molar-refractivity contribution in [1.82, 2.24) is 5.01 Å². The zero-order valence-corrected chi connectivity index (χ0v) is 14.9. The lowest BCUT2D eigenvalue weighted by molar-refractivity contribution is -0.130. The van der Waals surface area contributed by atoms with Gasteiger partial charge in [0, 0.05) is 25.0 Å². The molecule has 0 aliphatic carbocycles. The van der Waals surface area contributed by atoms with Crippen LogP contribution in [0.5, 0.6) is 11.5 Å². The van der Waals surface area contributed by atoms with Gasteiger partial charge in [0.2, 0.25) is 5.91 Å². The minimum absolute atomic E-state index is 0.0759. The molecule has 0 N–H and O–H groups in total. The summed E-state index contributed by atoms with van der Waals surface area (Å²) in [5, 5.41) is 6.14. The average Bonchev–Trinajstić information content (AvgIpc) is 3.07. The standard InChI is InChI=1S/C20H22N2O3/c1-13-5-7-15(8-6-13)19-12-18(21-22(19)14(2)23)17-10-9-16(24-3)11-20(17)25-4/h5-11,19H,12H2,1-4H3/t19-/m0/s1. The molecule has 25 heavy (non-hydrogen) atoms. The number of methoxy groups -OCH3 is 2. The number of benzene rings is 2. The summed E-state index contributed by atoms with van der Waals surface area (Å²) in [6.45, 7) is 3.59. The normalized spacial score (nSPS) is 16.6. The molecule has 0 saturated heterocycles. The first kappa shape index (κ1) is 17.0. The highest BCUT2D eigenvalue weighted by Gasteiger charge is 2.32. The van der Waals surface area contributed by atoms with Gasteiger partial charge in [-0.25, -0.2) is 5.01 Å². The first-order valence-electron chi connectivity index (χ1n) is 8.19. The van der Waals surface area contributed by atoms with E-state index in [0.29, 0.717) is 12.2 Å². The van der Waals surface area contributed by atoms with Crippen molar-refractivity contribution in [3.63, 3.8) is 0 Å². The van der Waals surface area contributed by atoms with Crippen molar-refractivity contribution < 1.29 is 14.3 Å². The van der Waals surface area contributed by atoms with Crippen LogP contribution in [0.25, 0.3) is 0 Å². The van der Waals surface area contributed by atoms with Crippen LogP contribution in [0.1, 0.15) is 36.1 Å². The summed E-state index contributed by atoms with van der Waals surface area (Å²) in [5.41, 5.74) is 3.98. The van der Waals surface area contributed by atoms with Gasteiger partial charge in [0.05, 0.1) is 26.0 Å². The molecular weight excluding hydrogens is 316 g/mol. The van der Waals surface area contributed by atoms with E-state index in [2.05, 4.69) is 29.4 Å². The van der Waals surface area contributed by atoms with Crippen molar-refractivity contribution in [3.8, 4) is 11.5 Å². The van der Waals surface area contributed by atoms with Gasteiger partial charge in [-0.15, -0.1) is 0 Å². The van der Waals surface area contributed by atoms with E-state index in [1.165, 1.54) is 5.56 Å². The predicted octanol–water partition coefficient (Wildman–Crippen LogP) is 3.71. The smallest absolute Gasteiger partial charge is 0.240 e. The second-order valence-corrected chi connectivity index (χ2v) is 6.11. The summed E-state index contributed by atoms with van der Waals surface area (Å²) in [6, 6.07) is 13.7. The monoisotopic (exact) mass is 338 g/mol. The number of carbonyl (C=O) groups is 1. The Morgan fingerprint density at radius 3 is 2.44 bits per heavy atom. The van der Waals surface area contributed by atoms with Gasteiger partial charge in [-0.3, -0.25) is 4.79 Å². The third-order valence-electron chi connectivity index (χ3n) is 4.41. The fourth-order valence-corrected chi connectivity index (χ4v) is 3.05. The summed E-state index contributed by atoms with van der Waals surface area (Å²) < 4.78 is 10.7. The summed E-state index contributed by atoms with van der Waals surface area (Å²) in [5.74, 6) is 1.33. The molecule has 130 valence electrons. The minimum atomic E-state index is -0.0973. The minimum Gasteiger partial charge on any atom is -0.497 e. The number of hydrogen-bond acceptors (Lipinski definition) is 4. The summed E-state index contributed by atoms with van der Waals surface area (Å²) in [4.78, 5) is 12.1. The Hall–Kier alpha value is -2.82. The van der Waals surface area contributed by atoms with E-state index in [0.717, 1.165) is 22.6 Å². The number of nitrogens with zero attached hydrogens (tertiary/aromatic N) is 2. The third kappa shape index (κ3) is 3.36. The van der Waals surface area contributed by atoms with E-state index >= 15 is 0 Å². The SMILES string of the molecule is COc1ccc(C2=NN(C(C)=O)[C@H](c3ccc(C)cc3)C2)c(OC)c1. The fraction of sp³-hybridized carbons (Fsp3) is 0.300. The van der Waals surface area contributed by atoms with Crippen LogP contribution in [-0.2, 0) is 4.79 Å². The van der Waals surface area contributed by atoms with Gasteiger partial charge in [0.1, 0.15) is 11.5 Å². The summed E-state index contributed by atoms with van der Waals surface area (Å²) in [6.07, 6.45) is 0.644. The molecule has 1 aliphatic heterocycles. The lowest BCUT2D eigenvalue weighted by Gasteiger charge is -2.20. The Bertz CT molecular complexity index is 812. The summed E-state index contributed by atoms with van der Waals surface area (Å²) >= 11 is 0. The lowest BCUT2D eigenvalue weighted by Crippen LogP contribution is -2.24. The zero-order chi connectivity index (χ0) is 18.0. The molecule has 1 aliphatic rings. The van der Waals surface area contributed by atoms with Crippen molar-refractivity contribution >= 4 is 11.6 Å². The number of aryl methyl sites for hydroxylation is 1. The molecule has 1 amide bonds. The molecule has 1 atom stereocenters. The van der Waals surface area contributed by atoms with Crippen LogP contribution in [-0.4, -0.2) is 30.8 Å². The van der Waals surface area contributed by atoms with E-state index < -0.39 is 0 Å². The van der Waals surface area contributed by atoms with Gasteiger partial charge in [-0.05, 0) is 24.6 Å². The predicted molar refractivity (Wildman–Crippen MR) is 97.1 cm³/mol. The average molecular weight is 338 g/mol. The molecule has 5 heteroatoms. The maximum Gasteiger partial charge on any atom is 0.240 e. The molecule has 0 saturated carbocycles. The molecule has 0 fully saturated rings. The second kappa shape index (κ2) is 6.97. The molecular formula is C20H22N2O3. The Morgan fingerprint density at radius 1 is 1.12 bits per heavy atom. The first-order valence-corrected chi connectivity index (χ1v) is 8.19. The van der Waals surface area contributed by atoms with Gasteiger partial charge in [0.15, 0.2) is 0 Å². The molecule has 0 aromatic heterocycles. The van der Waals surface area contributed by atoms with Crippen LogP contribution in [0.2, 0.25) is 0 Å². The van der Waals surface area contributed by atoms with Crippen LogP contribution in [0.4, 0.5) is 0 Å². The largest absolute Gasteiger partial charge is 0.497 e. The van der Waals surface area contributed by atoms with Crippen molar-refractivity contribution in [3.05, 3.63) is 59.2 Å². The number of hydrogen-bond donors (Lipinski definition) is 0. The second-order valence-electron chi connectivity index (χ2n) is 6.11. The topological polar surface area (TPSA) is 51.1 Å². The van der Waals surface area contributed by atoms with E-state index in [4.69, 9.17) is 9.47 Å². The van der Waals surface area contributed by atoms with E-state index in [1.807, 2.05) is 25.1 Å². The highest BCUT2D eigenvalue weighted by atomic mass is 16.5.